The minimum Gasteiger partial charge on any atom is -0.444 e. The van der Waals surface area contributed by atoms with Gasteiger partial charge in [-0.15, -0.1) is 13.2 Å². The third kappa shape index (κ3) is 6.84. The van der Waals surface area contributed by atoms with Crippen molar-refractivity contribution in [3.8, 4) is 5.75 Å². The highest BCUT2D eigenvalue weighted by Gasteiger charge is 2.34. The molecule has 0 radical (unpaired) electrons. The molecule has 1 fully saturated rings. The van der Waals surface area contributed by atoms with Crippen LogP contribution in [0.1, 0.15) is 36.8 Å². The quantitative estimate of drug-likeness (QED) is 0.220. The molecule has 1 aliphatic rings. The van der Waals surface area contributed by atoms with E-state index in [0.717, 1.165) is 22.5 Å². The molecular weight excluding hydrogens is 559 g/mol. The molecule has 13 heteroatoms. The SMILES string of the molecule is CC(C)(C)OC(=O)N1CC(CSc2nc3ccccc3c3cc(CNC(=O)c4ccccc4OC(F)(F)F)nn23)C1. The van der Waals surface area contributed by atoms with E-state index in [-0.39, 0.29) is 24.1 Å². The maximum Gasteiger partial charge on any atom is 0.573 e. The fraction of sp³-hybridized carbons (Fsp3) is 0.357. The van der Waals surface area contributed by atoms with Crippen molar-refractivity contribution in [1.29, 1.82) is 0 Å². The highest BCUT2D eigenvalue weighted by Crippen LogP contribution is 2.30. The van der Waals surface area contributed by atoms with Crippen molar-refractivity contribution in [2.45, 2.75) is 44.4 Å². The van der Waals surface area contributed by atoms with Crippen LogP contribution in [0.15, 0.2) is 59.8 Å². The number of likely N-dealkylation sites (tertiary alicyclic amines) is 1. The second-order valence-electron chi connectivity index (χ2n) is 10.6. The van der Waals surface area contributed by atoms with Crippen LogP contribution in [-0.2, 0) is 11.3 Å². The number of nitrogens with zero attached hydrogens (tertiary/aromatic N) is 4. The maximum absolute atomic E-state index is 12.8. The Morgan fingerprint density at radius 1 is 1.07 bits per heavy atom. The van der Waals surface area contributed by atoms with Crippen LogP contribution in [0.5, 0.6) is 5.75 Å². The van der Waals surface area contributed by atoms with E-state index in [1.165, 1.54) is 30.0 Å². The lowest BCUT2D eigenvalue weighted by Crippen LogP contribution is -2.52. The summed E-state index contributed by atoms with van der Waals surface area (Å²) in [5, 5.41) is 8.78. The summed E-state index contributed by atoms with van der Waals surface area (Å²) in [6, 6.07) is 14.6. The van der Waals surface area contributed by atoms with Crippen molar-refractivity contribution < 1.29 is 32.2 Å². The molecule has 4 aromatic rings. The topological polar surface area (TPSA) is 98.1 Å². The number of alkyl halides is 3. The van der Waals surface area contributed by atoms with Gasteiger partial charge in [0, 0.05) is 30.1 Å². The number of nitrogens with one attached hydrogen (secondary N) is 1. The van der Waals surface area contributed by atoms with Crippen molar-refractivity contribution in [3.05, 3.63) is 65.9 Å². The van der Waals surface area contributed by atoms with E-state index < -0.39 is 23.6 Å². The first-order valence-corrected chi connectivity index (χ1v) is 13.9. The summed E-state index contributed by atoms with van der Waals surface area (Å²) in [7, 11) is 0. The molecule has 0 aliphatic carbocycles. The zero-order valence-electron chi connectivity index (χ0n) is 22.6. The molecule has 5 rings (SSSR count). The Morgan fingerprint density at radius 3 is 2.51 bits per heavy atom. The van der Waals surface area contributed by atoms with E-state index in [2.05, 4.69) is 15.2 Å². The Labute approximate surface area is 238 Å². The summed E-state index contributed by atoms with van der Waals surface area (Å²) in [6.45, 7) is 6.66. The zero-order chi connectivity index (χ0) is 29.4. The van der Waals surface area contributed by atoms with Gasteiger partial charge in [0.1, 0.15) is 11.4 Å². The first-order valence-electron chi connectivity index (χ1n) is 12.9. The molecule has 1 aliphatic heterocycles. The average Bonchev–Trinajstić information content (AvgIpc) is 3.29. The summed E-state index contributed by atoms with van der Waals surface area (Å²) in [4.78, 5) is 31.4. The highest BCUT2D eigenvalue weighted by atomic mass is 32.2. The van der Waals surface area contributed by atoms with Gasteiger partial charge in [0.15, 0.2) is 5.16 Å². The van der Waals surface area contributed by atoms with Gasteiger partial charge >= 0.3 is 12.5 Å². The second-order valence-corrected chi connectivity index (χ2v) is 11.6. The summed E-state index contributed by atoms with van der Waals surface area (Å²) in [5.74, 6) is -0.326. The number of carbonyl (C=O) groups is 2. The first kappa shape index (κ1) is 28.5. The van der Waals surface area contributed by atoms with Gasteiger partial charge in [-0.1, -0.05) is 42.1 Å². The predicted octanol–water partition coefficient (Wildman–Crippen LogP) is 5.67. The average molecular weight is 588 g/mol. The Balaban J connectivity index is 1.30. The fourth-order valence-electron chi connectivity index (χ4n) is 4.36. The van der Waals surface area contributed by atoms with Crippen LogP contribution in [0.3, 0.4) is 0 Å². The Morgan fingerprint density at radius 2 is 1.78 bits per heavy atom. The van der Waals surface area contributed by atoms with Gasteiger partial charge in [-0.25, -0.2) is 14.3 Å². The molecule has 41 heavy (non-hydrogen) atoms. The Kier molecular flexibility index (Phi) is 7.73. The normalized spacial score (nSPS) is 14.2. The Bertz CT molecular complexity index is 1600. The number of thioether (sulfide) groups is 1. The van der Waals surface area contributed by atoms with Crippen LogP contribution in [0, 0.1) is 5.92 Å². The van der Waals surface area contributed by atoms with Gasteiger partial charge in [-0.05, 0) is 45.0 Å². The predicted molar refractivity (Wildman–Crippen MR) is 147 cm³/mol. The van der Waals surface area contributed by atoms with Crippen molar-refractivity contribution in [2.24, 2.45) is 5.92 Å². The summed E-state index contributed by atoms with van der Waals surface area (Å²) in [6.07, 6.45) is -5.25. The maximum atomic E-state index is 12.8. The zero-order valence-corrected chi connectivity index (χ0v) is 23.4. The Hall–Kier alpha value is -4.00. The van der Waals surface area contributed by atoms with E-state index in [1.54, 1.807) is 9.42 Å². The third-order valence-corrected chi connectivity index (χ3v) is 7.34. The molecule has 0 bridgehead atoms. The van der Waals surface area contributed by atoms with Crippen LogP contribution in [0.2, 0.25) is 0 Å². The van der Waals surface area contributed by atoms with Crippen molar-refractivity contribution >= 4 is 40.2 Å². The van der Waals surface area contributed by atoms with Crippen LogP contribution in [0.25, 0.3) is 16.4 Å². The summed E-state index contributed by atoms with van der Waals surface area (Å²) in [5.41, 5.74) is 1.28. The number of benzene rings is 2. The minimum absolute atomic E-state index is 0.0211. The van der Waals surface area contributed by atoms with Crippen molar-refractivity contribution in [3.63, 3.8) is 0 Å². The van der Waals surface area contributed by atoms with Crippen LogP contribution >= 0.6 is 11.8 Å². The van der Waals surface area contributed by atoms with Crippen molar-refractivity contribution in [1.82, 2.24) is 24.8 Å². The fourth-order valence-corrected chi connectivity index (χ4v) is 5.38. The van der Waals surface area contributed by atoms with Crippen LogP contribution in [-0.4, -0.2) is 62.3 Å². The van der Waals surface area contributed by atoms with Crippen molar-refractivity contribution in [2.75, 3.05) is 18.8 Å². The van der Waals surface area contributed by atoms with Gasteiger partial charge in [0.05, 0.1) is 28.8 Å². The lowest BCUT2D eigenvalue weighted by atomic mass is 10.0. The number of rotatable bonds is 7. The molecular formula is C28H28F3N5O4S. The molecule has 216 valence electrons. The van der Waals surface area contributed by atoms with E-state index in [4.69, 9.17) is 9.72 Å². The largest absolute Gasteiger partial charge is 0.573 e. The molecule has 1 saturated heterocycles. The van der Waals surface area contributed by atoms with Crippen LogP contribution in [0.4, 0.5) is 18.0 Å². The number of hydrogen-bond donors (Lipinski definition) is 1. The molecule has 3 heterocycles. The van der Waals surface area contributed by atoms with E-state index >= 15 is 0 Å². The number of halogens is 3. The van der Waals surface area contributed by atoms with Gasteiger partial charge in [0.25, 0.3) is 5.91 Å². The van der Waals surface area contributed by atoms with Gasteiger partial charge in [-0.2, -0.15) is 5.10 Å². The number of carbonyl (C=O) groups excluding carboxylic acids is 2. The molecule has 2 aromatic heterocycles. The second kappa shape index (κ2) is 11.1. The summed E-state index contributed by atoms with van der Waals surface area (Å²) < 4.78 is 49.5. The third-order valence-electron chi connectivity index (χ3n) is 6.18. The van der Waals surface area contributed by atoms with Gasteiger partial charge in [-0.3, -0.25) is 4.79 Å². The highest BCUT2D eigenvalue weighted by molar-refractivity contribution is 7.99. The smallest absolute Gasteiger partial charge is 0.444 e. The lowest BCUT2D eigenvalue weighted by molar-refractivity contribution is -0.274. The number of fused-ring (bicyclic) bond motifs is 3. The number of para-hydroxylation sites is 2. The number of hydrogen-bond acceptors (Lipinski definition) is 7. The molecule has 0 spiro atoms. The molecule has 0 unspecified atom stereocenters. The minimum atomic E-state index is -4.92. The van der Waals surface area contributed by atoms with E-state index in [9.17, 15) is 22.8 Å². The molecule has 0 saturated carbocycles. The number of ether oxygens (including phenoxy) is 2. The molecule has 1 N–H and O–H groups in total. The first-order chi connectivity index (χ1) is 19.4. The lowest BCUT2D eigenvalue weighted by Gasteiger charge is -2.39. The molecule has 2 amide bonds. The molecule has 2 aromatic carbocycles. The monoisotopic (exact) mass is 587 g/mol. The standard InChI is InChI=1S/C28H28F3N5O4S/c1-27(2,3)40-26(38)35-14-17(15-35)16-41-25-33-21-10-6-4-8-19(21)22-12-18(34-36(22)25)13-32-24(37)20-9-5-7-11-23(20)39-28(29,30)31/h4-12,17H,13-16H2,1-3H3,(H,32,37). The molecule has 0 atom stereocenters. The van der Waals surface area contributed by atoms with E-state index in [1.807, 2.05) is 51.1 Å². The summed E-state index contributed by atoms with van der Waals surface area (Å²) >= 11 is 1.52. The molecule has 9 nitrogen and oxygen atoms in total. The number of amides is 2. The number of aromatic nitrogens is 3. The van der Waals surface area contributed by atoms with Gasteiger partial charge in [0.2, 0.25) is 0 Å². The van der Waals surface area contributed by atoms with Gasteiger partial charge < -0.3 is 19.7 Å². The van der Waals surface area contributed by atoms with E-state index in [0.29, 0.717) is 29.7 Å². The van der Waals surface area contributed by atoms with Crippen LogP contribution < -0.4 is 10.1 Å².